The maximum atomic E-state index is 10.8. The lowest BCUT2D eigenvalue weighted by atomic mass is 10.1. The van der Waals surface area contributed by atoms with Gasteiger partial charge < -0.3 is 10.1 Å². The standard InChI is InChI=1S/C8H6BrClN2O2/c9-5-2-11-7(10)1-4(5)6-3-12-8(13)14-6/h1-2,6H,3H2,(H,12,13). The molecule has 0 saturated carbocycles. The van der Waals surface area contributed by atoms with Crippen LogP contribution in [0.4, 0.5) is 4.79 Å². The highest BCUT2D eigenvalue weighted by Crippen LogP contribution is 2.29. The van der Waals surface area contributed by atoms with E-state index in [1.54, 1.807) is 12.3 Å². The van der Waals surface area contributed by atoms with Crippen LogP contribution in [0.25, 0.3) is 0 Å². The zero-order chi connectivity index (χ0) is 10.1. The van der Waals surface area contributed by atoms with Crippen molar-refractivity contribution in [2.24, 2.45) is 0 Å². The molecule has 0 spiro atoms. The first-order chi connectivity index (χ1) is 6.66. The summed E-state index contributed by atoms with van der Waals surface area (Å²) >= 11 is 9.06. The van der Waals surface area contributed by atoms with Gasteiger partial charge in [0.25, 0.3) is 0 Å². The predicted molar refractivity (Wildman–Crippen MR) is 54.2 cm³/mol. The highest BCUT2D eigenvalue weighted by atomic mass is 79.9. The Morgan fingerprint density at radius 3 is 3.14 bits per heavy atom. The highest BCUT2D eigenvalue weighted by molar-refractivity contribution is 9.10. The molecule has 1 fully saturated rings. The molecule has 1 amide bonds. The van der Waals surface area contributed by atoms with Crippen molar-refractivity contribution in [1.29, 1.82) is 0 Å². The van der Waals surface area contributed by atoms with Crippen LogP contribution in [0.2, 0.25) is 5.15 Å². The molecule has 1 unspecified atom stereocenters. The minimum atomic E-state index is -0.408. The first-order valence-corrected chi connectivity index (χ1v) is 5.09. The molecule has 1 aliphatic rings. The molecule has 1 N–H and O–H groups in total. The molecule has 74 valence electrons. The molecular weight excluding hydrogens is 271 g/mol. The van der Waals surface area contributed by atoms with Gasteiger partial charge in [-0.25, -0.2) is 9.78 Å². The van der Waals surface area contributed by atoms with Gasteiger partial charge >= 0.3 is 6.09 Å². The van der Waals surface area contributed by atoms with E-state index < -0.39 is 6.09 Å². The van der Waals surface area contributed by atoms with Crippen LogP contribution < -0.4 is 5.32 Å². The van der Waals surface area contributed by atoms with Crippen molar-refractivity contribution in [3.8, 4) is 0 Å². The van der Waals surface area contributed by atoms with Crippen LogP contribution in [0, 0.1) is 0 Å². The summed E-state index contributed by atoms with van der Waals surface area (Å²) in [7, 11) is 0. The summed E-state index contributed by atoms with van der Waals surface area (Å²) in [5.41, 5.74) is 0.823. The number of alkyl carbamates (subject to hydrolysis) is 1. The third-order valence-electron chi connectivity index (χ3n) is 1.88. The molecule has 1 aromatic heterocycles. The number of pyridine rings is 1. The van der Waals surface area contributed by atoms with E-state index in [-0.39, 0.29) is 6.10 Å². The average Bonchev–Trinajstić information content (AvgIpc) is 2.56. The van der Waals surface area contributed by atoms with Gasteiger partial charge in [-0.3, -0.25) is 0 Å². The van der Waals surface area contributed by atoms with E-state index in [1.807, 2.05) is 0 Å². The number of aromatic nitrogens is 1. The van der Waals surface area contributed by atoms with Gasteiger partial charge in [0.1, 0.15) is 11.3 Å². The van der Waals surface area contributed by atoms with Crippen molar-refractivity contribution in [3.63, 3.8) is 0 Å². The number of nitrogens with one attached hydrogen (secondary N) is 1. The van der Waals surface area contributed by atoms with E-state index in [0.29, 0.717) is 11.7 Å². The zero-order valence-electron chi connectivity index (χ0n) is 6.96. The molecule has 0 radical (unpaired) electrons. The van der Waals surface area contributed by atoms with Crippen LogP contribution in [-0.4, -0.2) is 17.6 Å². The third kappa shape index (κ3) is 1.83. The Kier molecular flexibility index (Phi) is 2.60. The molecular formula is C8H6BrClN2O2. The number of carbonyl (C=O) groups is 1. The topological polar surface area (TPSA) is 51.2 Å². The van der Waals surface area contributed by atoms with Crippen molar-refractivity contribution >= 4 is 33.6 Å². The van der Waals surface area contributed by atoms with E-state index in [4.69, 9.17) is 16.3 Å². The Hall–Kier alpha value is -0.810. The van der Waals surface area contributed by atoms with E-state index in [1.165, 1.54) is 0 Å². The monoisotopic (exact) mass is 276 g/mol. The van der Waals surface area contributed by atoms with E-state index in [2.05, 4.69) is 26.2 Å². The summed E-state index contributed by atoms with van der Waals surface area (Å²) in [6, 6.07) is 1.68. The van der Waals surface area contributed by atoms with Crippen LogP contribution in [-0.2, 0) is 4.74 Å². The minimum absolute atomic E-state index is 0.294. The smallest absolute Gasteiger partial charge is 0.407 e. The van der Waals surface area contributed by atoms with Gasteiger partial charge in [-0.05, 0) is 22.0 Å². The van der Waals surface area contributed by atoms with Crippen molar-refractivity contribution in [2.75, 3.05) is 6.54 Å². The molecule has 1 atom stereocenters. The molecule has 0 aliphatic carbocycles. The first-order valence-electron chi connectivity index (χ1n) is 3.92. The van der Waals surface area contributed by atoms with Gasteiger partial charge in [0.15, 0.2) is 0 Å². The average molecular weight is 278 g/mol. The summed E-state index contributed by atoms with van der Waals surface area (Å²) < 4.78 is 5.80. The number of rotatable bonds is 1. The maximum Gasteiger partial charge on any atom is 0.407 e. The van der Waals surface area contributed by atoms with E-state index in [0.717, 1.165) is 10.0 Å². The largest absolute Gasteiger partial charge is 0.439 e. The molecule has 6 heteroatoms. The predicted octanol–water partition coefficient (Wildman–Crippen LogP) is 2.28. The fourth-order valence-electron chi connectivity index (χ4n) is 1.24. The number of amides is 1. The molecule has 0 aromatic carbocycles. The van der Waals surface area contributed by atoms with Gasteiger partial charge in [-0.2, -0.15) is 0 Å². The molecule has 1 aliphatic heterocycles. The summed E-state index contributed by atoms with van der Waals surface area (Å²) in [6.45, 7) is 0.456. The normalized spacial score (nSPS) is 20.4. The van der Waals surface area contributed by atoms with Crippen LogP contribution in [0.1, 0.15) is 11.7 Å². The quantitative estimate of drug-likeness (QED) is 0.801. The Labute approximate surface area is 93.7 Å². The lowest BCUT2D eigenvalue weighted by Gasteiger charge is -2.09. The summed E-state index contributed by atoms with van der Waals surface area (Å²) in [5.74, 6) is 0. The Balaban J connectivity index is 2.31. The Morgan fingerprint density at radius 2 is 2.50 bits per heavy atom. The van der Waals surface area contributed by atoms with Crippen molar-refractivity contribution in [1.82, 2.24) is 10.3 Å². The van der Waals surface area contributed by atoms with E-state index >= 15 is 0 Å². The minimum Gasteiger partial charge on any atom is -0.439 e. The van der Waals surface area contributed by atoms with Crippen molar-refractivity contribution < 1.29 is 9.53 Å². The highest BCUT2D eigenvalue weighted by Gasteiger charge is 2.26. The Morgan fingerprint density at radius 1 is 1.71 bits per heavy atom. The fourth-order valence-corrected chi connectivity index (χ4v) is 1.87. The molecule has 1 saturated heterocycles. The second kappa shape index (κ2) is 3.74. The SMILES string of the molecule is O=C1NCC(c2cc(Cl)ncc2Br)O1. The zero-order valence-corrected chi connectivity index (χ0v) is 9.30. The molecule has 4 nitrogen and oxygen atoms in total. The first kappa shape index (κ1) is 9.73. The lowest BCUT2D eigenvalue weighted by Crippen LogP contribution is -2.12. The van der Waals surface area contributed by atoms with Crippen molar-refractivity contribution in [3.05, 3.63) is 27.5 Å². The second-order valence-electron chi connectivity index (χ2n) is 2.80. The number of hydrogen-bond acceptors (Lipinski definition) is 3. The van der Waals surface area contributed by atoms with Crippen LogP contribution in [0.3, 0.4) is 0 Å². The second-order valence-corrected chi connectivity index (χ2v) is 4.04. The summed E-state index contributed by atoms with van der Waals surface area (Å²) in [5, 5.41) is 2.95. The van der Waals surface area contributed by atoms with Gasteiger partial charge in [0, 0.05) is 16.2 Å². The Bertz CT molecular complexity index is 386. The molecule has 2 heterocycles. The maximum absolute atomic E-state index is 10.8. The van der Waals surface area contributed by atoms with Gasteiger partial charge in [-0.15, -0.1) is 0 Å². The van der Waals surface area contributed by atoms with Crippen LogP contribution in [0.5, 0.6) is 0 Å². The number of cyclic esters (lactones) is 1. The summed E-state index contributed by atoms with van der Waals surface area (Å²) in [4.78, 5) is 14.7. The number of hydrogen-bond donors (Lipinski definition) is 1. The van der Waals surface area contributed by atoms with Crippen LogP contribution >= 0.6 is 27.5 Å². The van der Waals surface area contributed by atoms with E-state index in [9.17, 15) is 4.79 Å². The lowest BCUT2D eigenvalue weighted by molar-refractivity contribution is 0.140. The number of nitrogens with zero attached hydrogens (tertiary/aromatic N) is 1. The van der Waals surface area contributed by atoms with Crippen LogP contribution in [0.15, 0.2) is 16.7 Å². The van der Waals surface area contributed by atoms with Gasteiger partial charge in [-0.1, -0.05) is 11.6 Å². The number of carbonyl (C=O) groups excluding carboxylic acids is 1. The summed E-state index contributed by atoms with van der Waals surface area (Å²) in [6.07, 6.45) is 0.885. The molecule has 0 bridgehead atoms. The molecule has 1 aromatic rings. The molecule has 2 rings (SSSR count). The van der Waals surface area contributed by atoms with Gasteiger partial charge in [0.05, 0.1) is 6.54 Å². The van der Waals surface area contributed by atoms with Gasteiger partial charge in [0.2, 0.25) is 0 Å². The number of ether oxygens (including phenoxy) is 1. The fraction of sp³-hybridized carbons (Fsp3) is 0.250. The molecule has 14 heavy (non-hydrogen) atoms. The van der Waals surface area contributed by atoms with Crippen molar-refractivity contribution in [2.45, 2.75) is 6.10 Å². The number of halogens is 2. The third-order valence-corrected chi connectivity index (χ3v) is 2.75.